The van der Waals surface area contributed by atoms with Crippen molar-refractivity contribution in [3.63, 3.8) is 0 Å². The van der Waals surface area contributed by atoms with Gasteiger partial charge in [0.05, 0.1) is 12.7 Å². The molecule has 0 saturated carbocycles. The Kier molecular flexibility index (Phi) is 4.59. The molecule has 1 spiro atoms. The van der Waals surface area contributed by atoms with Crippen molar-refractivity contribution in [1.82, 2.24) is 25.3 Å². The summed E-state index contributed by atoms with van der Waals surface area (Å²) in [7, 11) is 1.87. The molecule has 0 bridgehead atoms. The van der Waals surface area contributed by atoms with E-state index in [0.717, 1.165) is 18.4 Å². The van der Waals surface area contributed by atoms with Gasteiger partial charge in [0.15, 0.2) is 0 Å². The smallest absolute Gasteiger partial charge is 0.317 e. The summed E-state index contributed by atoms with van der Waals surface area (Å²) in [6.45, 7) is 3.94. The highest BCUT2D eigenvalue weighted by Crippen LogP contribution is 2.35. The predicted molar refractivity (Wildman–Crippen MR) is 95.7 cm³/mol. The molecule has 9 nitrogen and oxygen atoms in total. The molecule has 4 heterocycles. The second-order valence-corrected chi connectivity index (χ2v) is 7.74. The monoisotopic (exact) mass is 377 g/mol. The Bertz CT molecular complexity index is 719. The fourth-order valence-electron chi connectivity index (χ4n) is 4.21. The third-order valence-corrected chi connectivity index (χ3v) is 5.84. The number of hydrogen-bond acceptors (Lipinski definition) is 5. The van der Waals surface area contributed by atoms with E-state index in [2.05, 4.69) is 15.7 Å². The first-order valence-electron chi connectivity index (χ1n) is 9.57. The number of hydrogen-bond donors (Lipinski definition) is 2. The average molecular weight is 377 g/mol. The lowest BCUT2D eigenvalue weighted by Crippen LogP contribution is -2.55. The van der Waals surface area contributed by atoms with Crippen molar-refractivity contribution < 1.29 is 19.1 Å². The summed E-state index contributed by atoms with van der Waals surface area (Å²) < 4.78 is 13.6. The van der Waals surface area contributed by atoms with Crippen LogP contribution >= 0.6 is 0 Å². The standard InChI is InChI=1S/C18H27N5O4/c1-13-15(24)21-18(27-13)5-7-23(8-6-18)16(25)19-12-17(4-3-9-26-17)14-10-20-22(2)11-14/h10-11,13H,3-9,12H2,1-2H3,(H,19,25)(H,21,24). The molecule has 2 atom stereocenters. The van der Waals surface area contributed by atoms with Crippen LogP contribution in [0.1, 0.15) is 38.2 Å². The van der Waals surface area contributed by atoms with Crippen LogP contribution in [-0.2, 0) is 26.9 Å². The molecule has 1 aromatic rings. The van der Waals surface area contributed by atoms with Gasteiger partial charge in [-0.3, -0.25) is 9.48 Å². The van der Waals surface area contributed by atoms with Crippen molar-refractivity contribution in [1.29, 1.82) is 0 Å². The van der Waals surface area contributed by atoms with E-state index in [9.17, 15) is 9.59 Å². The number of carbonyl (C=O) groups is 2. The summed E-state index contributed by atoms with van der Waals surface area (Å²) in [6, 6.07) is -0.110. The highest BCUT2D eigenvalue weighted by atomic mass is 16.5. The average Bonchev–Trinajstić information content (AvgIpc) is 3.35. The quantitative estimate of drug-likeness (QED) is 0.798. The fourth-order valence-corrected chi connectivity index (χ4v) is 4.21. The molecule has 4 rings (SSSR count). The first kappa shape index (κ1) is 18.2. The summed E-state index contributed by atoms with van der Waals surface area (Å²) in [4.78, 5) is 26.2. The van der Waals surface area contributed by atoms with Gasteiger partial charge in [0.1, 0.15) is 17.4 Å². The van der Waals surface area contributed by atoms with Crippen LogP contribution in [0.5, 0.6) is 0 Å². The fraction of sp³-hybridized carbons (Fsp3) is 0.722. The number of amides is 3. The van der Waals surface area contributed by atoms with Crippen molar-refractivity contribution in [2.24, 2.45) is 7.05 Å². The highest BCUT2D eigenvalue weighted by molar-refractivity contribution is 5.83. The van der Waals surface area contributed by atoms with Gasteiger partial charge in [-0.05, 0) is 19.8 Å². The van der Waals surface area contributed by atoms with Gasteiger partial charge < -0.3 is 25.0 Å². The third kappa shape index (κ3) is 3.41. The molecule has 9 heteroatoms. The van der Waals surface area contributed by atoms with Gasteiger partial charge in [0, 0.05) is 51.3 Å². The second kappa shape index (κ2) is 6.79. The molecule has 27 heavy (non-hydrogen) atoms. The number of carbonyl (C=O) groups excluding carboxylic acids is 2. The van der Waals surface area contributed by atoms with Crippen molar-refractivity contribution in [3.8, 4) is 0 Å². The SMILES string of the molecule is CC1OC2(CCN(C(=O)NCC3(c4cnn(C)c4)CCCO3)CC2)NC1=O. The molecule has 3 fully saturated rings. The van der Waals surface area contributed by atoms with Crippen molar-refractivity contribution in [2.45, 2.75) is 50.0 Å². The Hall–Kier alpha value is -2.13. The van der Waals surface area contributed by atoms with Gasteiger partial charge in [0.2, 0.25) is 0 Å². The number of nitrogens with one attached hydrogen (secondary N) is 2. The predicted octanol–water partition coefficient (Wildman–Crippen LogP) is 0.462. The zero-order chi connectivity index (χ0) is 19.1. The Morgan fingerprint density at radius 3 is 2.74 bits per heavy atom. The lowest BCUT2D eigenvalue weighted by molar-refractivity contribution is -0.123. The molecule has 3 saturated heterocycles. The number of rotatable bonds is 3. The molecule has 148 valence electrons. The van der Waals surface area contributed by atoms with Gasteiger partial charge in [-0.15, -0.1) is 0 Å². The Morgan fingerprint density at radius 1 is 1.41 bits per heavy atom. The maximum Gasteiger partial charge on any atom is 0.317 e. The molecule has 3 aliphatic heterocycles. The molecule has 3 aliphatic rings. The molecule has 2 N–H and O–H groups in total. The van der Waals surface area contributed by atoms with Crippen LogP contribution in [0.25, 0.3) is 0 Å². The van der Waals surface area contributed by atoms with E-state index in [0.29, 0.717) is 39.1 Å². The van der Waals surface area contributed by atoms with Crippen LogP contribution < -0.4 is 10.6 Å². The maximum absolute atomic E-state index is 12.7. The number of urea groups is 1. The number of aryl methyl sites for hydroxylation is 1. The first-order chi connectivity index (χ1) is 12.9. The number of aromatic nitrogens is 2. The van der Waals surface area contributed by atoms with E-state index >= 15 is 0 Å². The first-order valence-corrected chi connectivity index (χ1v) is 9.57. The minimum atomic E-state index is -0.612. The summed E-state index contributed by atoms with van der Waals surface area (Å²) in [5.74, 6) is -0.0790. The maximum atomic E-state index is 12.7. The summed E-state index contributed by atoms with van der Waals surface area (Å²) in [5.41, 5.74) is -0.117. The largest absolute Gasteiger partial charge is 0.368 e. The Morgan fingerprint density at radius 2 is 2.19 bits per heavy atom. The number of ether oxygens (including phenoxy) is 2. The van der Waals surface area contributed by atoms with E-state index in [-0.39, 0.29) is 11.9 Å². The van der Waals surface area contributed by atoms with Crippen LogP contribution in [0.4, 0.5) is 4.79 Å². The topological polar surface area (TPSA) is 97.7 Å². The normalized spacial score (nSPS) is 29.9. The van der Waals surface area contributed by atoms with E-state index in [4.69, 9.17) is 9.47 Å². The minimum Gasteiger partial charge on any atom is -0.368 e. The Labute approximate surface area is 158 Å². The minimum absolute atomic E-state index is 0.0790. The molecule has 1 aromatic heterocycles. The summed E-state index contributed by atoms with van der Waals surface area (Å²) >= 11 is 0. The van der Waals surface area contributed by atoms with Gasteiger partial charge in [-0.1, -0.05) is 0 Å². The lowest BCUT2D eigenvalue weighted by Gasteiger charge is -2.38. The second-order valence-electron chi connectivity index (χ2n) is 7.74. The molecule has 0 aromatic carbocycles. The molecular weight excluding hydrogens is 350 g/mol. The molecule has 0 radical (unpaired) electrons. The van der Waals surface area contributed by atoms with E-state index in [1.165, 1.54) is 0 Å². The van der Waals surface area contributed by atoms with Crippen LogP contribution in [0.2, 0.25) is 0 Å². The van der Waals surface area contributed by atoms with Crippen LogP contribution in [-0.4, -0.2) is 64.7 Å². The van der Waals surface area contributed by atoms with Gasteiger partial charge >= 0.3 is 6.03 Å². The van der Waals surface area contributed by atoms with E-state index in [1.54, 1.807) is 16.5 Å². The van der Waals surface area contributed by atoms with Crippen LogP contribution in [0.15, 0.2) is 12.4 Å². The lowest BCUT2D eigenvalue weighted by atomic mass is 9.93. The van der Waals surface area contributed by atoms with Gasteiger partial charge in [-0.2, -0.15) is 5.10 Å². The van der Waals surface area contributed by atoms with Crippen molar-refractivity contribution in [3.05, 3.63) is 18.0 Å². The summed E-state index contributed by atoms with van der Waals surface area (Å²) in [6.07, 6.45) is 6.35. The third-order valence-electron chi connectivity index (χ3n) is 5.84. The zero-order valence-corrected chi connectivity index (χ0v) is 15.9. The van der Waals surface area contributed by atoms with E-state index < -0.39 is 17.4 Å². The van der Waals surface area contributed by atoms with Gasteiger partial charge in [-0.25, -0.2) is 4.79 Å². The molecule has 0 aliphatic carbocycles. The summed E-state index contributed by atoms with van der Waals surface area (Å²) in [5, 5.41) is 10.2. The number of piperidine rings is 1. The van der Waals surface area contributed by atoms with Crippen LogP contribution in [0, 0.1) is 0 Å². The highest BCUT2D eigenvalue weighted by Gasteiger charge is 2.46. The molecule has 3 amide bonds. The molecular formula is C18H27N5O4. The van der Waals surface area contributed by atoms with Gasteiger partial charge in [0.25, 0.3) is 5.91 Å². The Balaban J connectivity index is 1.34. The number of nitrogens with zero attached hydrogens (tertiary/aromatic N) is 3. The van der Waals surface area contributed by atoms with Crippen LogP contribution in [0.3, 0.4) is 0 Å². The van der Waals surface area contributed by atoms with Crippen molar-refractivity contribution in [2.75, 3.05) is 26.2 Å². The molecule has 2 unspecified atom stereocenters. The zero-order valence-electron chi connectivity index (χ0n) is 15.9. The number of likely N-dealkylation sites (tertiary alicyclic amines) is 1. The van der Waals surface area contributed by atoms with E-state index in [1.807, 2.05) is 19.4 Å². The van der Waals surface area contributed by atoms with Crippen molar-refractivity contribution >= 4 is 11.9 Å².